The first kappa shape index (κ1) is 15.8. The van der Waals surface area contributed by atoms with E-state index in [1.54, 1.807) is 23.1 Å². The second kappa shape index (κ2) is 6.93. The molecule has 114 valence electrons. The molecule has 21 heavy (non-hydrogen) atoms. The summed E-state index contributed by atoms with van der Waals surface area (Å²) in [6, 6.07) is 5.16. The number of anilines is 1. The molecular weight excluding hydrogens is 336 g/mol. The minimum Gasteiger partial charge on any atom is -0.481 e. The van der Waals surface area contributed by atoms with Crippen molar-refractivity contribution in [3.05, 3.63) is 28.2 Å². The Morgan fingerprint density at radius 2 is 2.14 bits per heavy atom. The minimum atomic E-state index is -0.821. The molecule has 2 rings (SSSR count). The maximum absolute atomic E-state index is 12.7. The van der Waals surface area contributed by atoms with Crippen molar-refractivity contribution in [3.8, 4) is 0 Å². The number of carbonyl (C=O) groups is 2. The van der Waals surface area contributed by atoms with Crippen LogP contribution in [0, 0.1) is 0 Å². The van der Waals surface area contributed by atoms with E-state index in [-0.39, 0.29) is 18.4 Å². The van der Waals surface area contributed by atoms with Gasteiger partial charge in [-0.3, -0.25) is 9.59 Å². The summed E-state index contributed by atoms with van der Waals surface area (Å²) < 4.78 is 0.712. The molecular formula is C15H19BrN2O3. The Kier molecular flexibility index (Phi) is 5.22. The molecule has 0 bridgehead atoms. The Labute approximate surface area is 132 Å². The van der Waals surface area contributed by atoms with Crippen molar-refractivity contribution >= 4 is 33.5 Å². The number of halogens is 1. The highest BCUT2D eigenvalue weighted by atomic mass is 79.9. The van der Waals surface area contributed by atoms with Crippen molar-refractivity contribution in [3.63, 3.8) is 0 Å². The van der Waals surface area contributed by atoms with Crippen LogP contribution in [0.25, 0.3) is 0 Å². The first-order valence-electron chi connectivity index (χ1n) is 7.07. The van der Waals surface area contributed by atoms with Crippen LogP contribution in [0.15, 0.2) is 22.7 Å². The van der Waals surface area contributed by atoms with Gasteiger partial charge in [0.25, 0.3) is 5.91 Å². The number of nitrogens with two attached hydrogens (primary N) is 1. The van der Waals surface area contributed by atoms with Crippen molar-refractivity contribution in [1.29, 1.82) is 0 Å². The van der Waals surface area contributed by atoms with Crippen LogP contribution >= 0.6 is 15.9 Å². The van der Waals surface area contributed by atoms with Gasteiger partial charge in [-0.2, -0.15) is 0 Å². The Balaban J connectivity index is 2.18. The summed E-state index contributed by atoms with van der Waals surface area (Å²) in [6.07, 6.45) is 3.44. The zero-order valence-electron chi connectivity index (χ0n) is 11.7. The molecule has 0 radical (unpaired) electrons. The van der Waals surface area contributed by atoms with Crippen LogP contribution in [-0.4, -0.2) is 34.5 Å². The number of nitrogen functional groups attached to an aromatic ring is 1. The lowest BCUT2D eigenvalue weighted by Crippen LogP contribution is -2.44. The second-order valence-electron chi connectivity index (χ2n) is 5.32. The summed E-state index contributed by atoms with van der Waals surface area (Å²) in [6.45, 7) is 0.671. The van der Waals surface area contributed by atoms with Gasteiger partial charge in [0.15, 0.2) is 0 Å². The standard InChI is InChI=1S/C15H19BrN2O3/c16-13-6-4-10(17)9-12(13)15(21)18-8-2-1-3-11(18)5-7-14(19)20/h4,6,9,11H,1-3,5,7-8,17H2,(H,19,20). The van der Waals surface area contributed by atoms with Crippen LogP contribution < -0.4 is 5.73 Å². The van der Waals surface area contributed by atoms with Gasteiger partial charge in [0, 0.05) is 29.2 Å². The van der Waals surface area contributed by atoms with E-state index in [9.17, 15) is 9.59 Å². The molecule has 1 atom stereocenters. The third kappa shape index (κ3) is 3.97. The SMILES string of the molecule is Nc1ccc(Br)c(C(=O)N2CCCCC2CCC(=O)O)c1. The maximum Gasteiger partial charge on any atom is 0.303 e. The molecule has 0 spiro atoms. The highest BCUT2D eigenvalue weighted by molar-refractivity contribution is 9.10. The zero-order valence-corrected chi connectivity index (χ0v) is 13.3. The first-order valence-corrected chi connectivity index (χ1v) is 7.86. The number of carboxylic acid groups (broad SMARTS) is 1. The largest absolute Gasteiger partial charge is 0.481 e. The fourth-order valence-electron chi connectivity index (χ4n) is 2.72. The average molecular weight is 355 g/mol. The molecule has 0 aliphatic carbocycles. The van der Waals surface area contributed by atoms with Crippen molar-refractivity contribution < 1.29 is 14.7 Å². The highest BCUT2D eigenvalue weighted by Gasteiger charge is 2.28. The van der Waals surface area contributed by atoms with Crippen molar-refractivity contribution in [2.75, 3.05) is 12.3 Å². The summed E-state index contributed by atoms with van der Waals surface area (Å²) in [4.78, 5) is 25.3. The quantitative estimate of drug-likeness (QED) is 0.814. The van der Waals surface area contributed by atoms with E-state index in [1.165, 1.54) is 0 Å². The maximum atomic E-state index is 12.7. The van der Waals surface area contributed by atoms with Gasteiger partial charge in [-0.25, -0.2) is 0 Å². The summed E-state index contributed by atoms with van der Waals surface area (Å²) >= 11 is 3.38. The number of hydrogen-bond acceptors (Lipinski definition) is 3. The number of piperidine rings is 1. The summed E-state index contributed by atoms with van der Waals surface area (Å²) in [5, 5.41) is 8.84. The summed E-state index contributed by atoms with van der Waals surface area (Å²) in [5.74, 6) is -0.901. The van der Waals surface area contributed by atoms with Gasteiger partial charge in [0.2, 0.25) is 0 Å². The van der Waals surface area contributed by atoms with Crippen LogP contribution in [0.3, 0.4) is 0 Å². The number of aliphatic carboxylic acids is 1. The Hall–Kier alpha value is -1.56. The molecule has 0 aromatic heterocycles. The first-order chi connectivity index (χ1) is 9.99. The van der Waals surface area contributed by atoms with Crippen molar-refractivity contribution in [2.45, 2.75) is 38.1 Å². The van der Waals surface area contributed by atoms with E-state index >= 15 is 0 Å². The lowest BCUT2D eigenvalue weighted by Gasteiger charge is -2.36. The third-order valence-corrected chi connectivity index (χ3v) is 4.49. The number of benzene rings is 1. The number of hydrogen-bond donors (Lipinski definition) is 2. The predicted octanol–water partition coefficient (Wildman–Crippen LogP) is 2.89. The van der Waals surface area contributed by atoms with E-state index in [4.69, 9.17) is 10.8 Å². The molecule has 5 nitrogen and oxygen atoms in total. The molecule has 6 heteroatoms. The average Bonchev–Trinajstić information content (AvgIpc) is 2.47. The molecule has 1 aliphatic heterocycles. The molecule has 1 aliphatic rings. The van der Waals surface area contributed by atoms with Gasteiger partial charge < -0.3 is 15.7 Å². The number of carboxylic acids is 1. The normalized spacial score (nSPS) is 18.5. The van der Waals surface area contributed by atoms with Crippen LogP contribution in [-0.2, 0) is 4.79 Å². The number of nitrogens with zero attached hydrogens (tertiary/aromatic N) is 1. The van der Waals surface area contributed by atoms with Gasteiger partial charge in [-0.1, -0.05) is 0 Å². The Morgan fingerprint density at radius 3 is 2.86 bits per heavy atom. The van der Waals surface area contributed by atoms with Crippen LogP contribution in [0.5, 0.6) is 0 Å². The monoisotopic (exact) mass is 354 g/mol. The number of rotatable bonds is 4. The molecule has 1 amide bonds. The lowest BCUT2D eigenvalue weighted by molar-refractivity contribution is -0.137. The molecule has 3 N–H and O–H groups in total. The van der Waals surface area contributed by atoms with Gasteiger partial charge >= 0.3 is 5.97 Å². The predicted molar refractivity (Wildman–Crippen MR) is 84.1 cm³/mol. The number of likely N-dealkylation sites (tertiary alicyclic amines) is 1. The molecule has 1 aromatic rings. The molecule has 1 unspecified atom stereocenters. The van der Waals surface area contributed by atoms with E-state index in [0.29, 0.717) is 28.7 Å². The number of amides is 1. The minimum absolute atomic E-state index is 0.00400. The lowest BCUT2D eigenvalue weighted by atomic mass is 9.97. The van der Waals surface area contributed by atoms with Crippen LogP contribution in [0.2, 0.25) is 0 Å². The van der Waals surface area contributed by atoms with Crippen LogP contribution in [0.1, 0.15) is 42.5 Å². The summed E-state index contributed by atoms with van der Waals surface area (Å²) in [7, 11) is 0. The summed E-state index contributed by atoms with van der Waals surface area (Å²) in [5.41, 5.74) is 6.84. The molecule has 1 fully saturated rings. The smallest absolute Gasteiger partial charge is 0.303 e. The van der Waals surface area contributed by atoms with Gasteiger partial charge in [-0.05, 0) is 59.8 Å². The van der Waals surface area contributed by atoms with Gasteiger partial charge in [0.05, 0.1) is 5.56 Å². The fourth-order valence-corrected chi connectivity index (χ4v) is 3.14. The van der Waals surface area contributed by atoms with Crippen molar-refractivity contribution in [1.82, 2.24) is 4.90 Å². The van der Waals surface area contributed by atoms with E-state index in [1.807, 2.05) is 0 Å². The van der Waals surface area contributed by atoms with Crippen LogP contribution in [0.4, 0.5) is 5.69 Å². The third-order valence-electron chi connectivity index (χ3n) is 3.80. The van der Waals surface area contributed by atoms with Crippen molar-refractivity contribution in [2.24, 2.45) is 0 Å². The van der Waals surface area contributed by atoms with E-state index in [2.05, 4.69) is 15.9 Å². The fraction of sp³-hybridized carbons (Fsp3) is 0.467. The zero-order chi connectivity index (χ0) is 15.4. The number of carbonyl (C=O) groups excluding carboxylic acids is 1. The van der Waals surface area contributed by atoms with E-state index < -0.39 is 5.97 Å². The molecule has 0 saturated carbocycles. The molecule has 1 saturated heterocycles. The Morgan fingerprint density at radius 1 is 1.38 bits per heavy atom. The Bertz CT molecular complexity index is 548. The molecule has 1 heterocycles. The van der Waals surface area contributed by atoms with Gasteiger partial charge in [0.1, 0.15) is 0 Å². The second-order valence-corrected chi connectivity index (χ2v) is 6.17. The van der Waals surface area contributed by atoms with E-state index in [0.717, 1.165) is 19.3 Å². The highest BCUT2D eigenvalue weighted by Crippen LogP contribution is 2.27. The topological polar surface area (TPSA) is 83.6 Å². The van der Waals surface area contributed by atoms with Gasteiger partial charge in [-0.15, -0.1) is 0 Å². The molecule has 1 aromatic carbocycles.